The van der Waals surface area contributed by atoms with Crippen molar-refractivity contribution >= 4 is 178 Å². The summed E-state index contributed by atoms with van der Waals surface area (Å²) in [5.74, 6) is -1.85. The molecule has 3 unspecified atom stereocenters. The van der Waals surface area contributed by atoms with Gasteiger partial charge in [0.2, 0.25) is 0 Å². The van der Waals surface area contributed by atoms with E-state index in [1.807, 2.05) is 247 Å². The first-order valence-electron chi connectivity index (χ1n) is 41.3. The van der Waals surface area contributed by atoms with Gasteiger partial charge in [-0.15, -0.1) is 11.3 Å². The number of rotatable bonds is 19. The molecule has 3 aliphatic heterocycles. The fraction of sp³-hybridized carbons (Fsp3) is 0.381. The molecule has 662 valence electrons. The zero-order valence-electron chi connectivity index (χ0n) is 73.1. The van der Waals surface area contributed by atoms with Crippen LogP contribution in [0.3, 0.4) is 0 Å². The molecule has 28 heteroatoms. The van der Waals surface area contributed by atoms with Gasteiger partial charge in [-0.1, -0.05) is 165 Å². The summed E-state index contributed by atoms with van der Waals surface area (Å²) in [5, 5.41) is 19.4. The van der Waals surface area contributed by atoms with E-state index >= 15 is 0 Å². The molecular formula is C97H105BrCl6N6O12S3. The first kappa shape index (κ1) is 96.7. The number of anilines is 2. The monoisotopic (exact) mass is 1930 g/mol. The van der Waals surface area contributed by atoms with Gasteiger partial charge in [0.25, 0.3) is 0 Å². The number of nitrogens with zero attached hydrogens (tertiary/aromatic N) is 5. The topological polar surface area (TPSA) is 202 Å². The number of benzene rings is 9. The van der Waals surface area contributed by atoms with Crippen LogP contribution < -0.4 is 15.1 Å². The molecule has 3 saturated heterocycles. The summed E-state index contributed by atoms with van der Waals surface area (Å²) >= 11 is 44.9. The number of morpholine rings is 3. The minimum absolute atomic E-state index is 0.206. The molecule has 12 aromatic rings. The summed E-state index contributed by atoms with van der Waals surface area (Å²) in [6.45, 7) is 39.8. The van der Waals surface area contributed by atoms with Gasteiger partial charge in [-0.25, -0.2) is 29.3 Å². The van der Waals surface area contributed by atoms with Gasteiger partial charge in [0, 0.05) is 89.7 Å². The van der Waals surface area contributed by atoms with Crippen molar-refractivity contribution in [2.45, 2.75) is 170 Å². The molecule has 0 spiro atoms. The zero-order valence-corrected chi connectivity index (χ0v) is 81.7. The van der Waals surface area contributed by atoms with Crippen LogP contribution in [0.5, 0.6) is 0 Å². The number of carbonyl (C=O) groups excluding carboxylic acids is 2. The minimum atomic E-state index is -1.16. The van der Waals surface area contributed by atoms with Crippen LogP contribution in [0.25, 0.3) is 64.0 Å². The number of carbonyl (C=O) groups is 3. The van der Waals surface area contributed by atoms with E-state index in [2.05, 4.69) is 56.8 Å². The SMILES string of the molecule is CC1(c2ccc(Cl)cc2)CNCCO1.CCOC(=O)[C@@H](OC(C)(C)C)c1c(C)cc2nc(Br)sc2c1-c1ccc(Cl)cc1.CCOC(=O)[C@@H](OC(C)(C)C)c1c(C)cc2nc(N3CCOC(C)(c4ccc(Cl)cc4)C3)sc2c1-c1ccc(Cl)cc1.Cc1cc2nc(N3CCOC(C)(c4ccc(Cl)cc4)C3)sc2c(-c2ccc(Cl)cc2)c1[C@H](OC(C)(C)C)C(=O)O. The fourth-order valence-corrected chi connectivity index (χ4v) is 20.1. The number of aromatic nitrogens is 3. The maximum atomic E-state index is 13.4. The van der Waals surface area contributed by atoms with Crippen molar-refractivity contribution in [1.29, 1.82) is 0 Å². The van der Waals surface area contributed by atoms with E-state index in [1.54, 1.807) is 36.5 Å². The Hall–Kier alpha value is -7.40. The molecular weight excluding hydrogens is 1830 g/mol. The lowest BCUT2D eigenvalue weighted by atomic mass is 9.91. The summed E-state index contributed by atoms with van der Waals surface area (Å²) < 4.78 is 51.7. The maximum absolute atomic E-state index is 13.4. The molecule has 3 fully saturated rings. The predicted molar refractivity (Wildman–Crippen MR) is 515 cm³/mol. The second kappa shape index (κ2) is 40.7. The second-order valence-corrected chi connectivity index (χ2v) is 41.3. The Kier molecular flexibility index (Phi) is 31.5. The average molecular weight is 1940 g/mol. The van der Waals surface area contributed by atoms with Gasteiger partial charge in [-0.05, 0) is 275 Å². The maximum Gasteiger partial charge on any atom is 0.339 e. The van der Waals surface area contributed by atoms with Crippen molar-refractivity contribution in [3.8, 4) is 33.4 Å². The van der Waals surface area contributed by atoms with E-state index in [1.165, 1.54) is 16.9 Å². The van der Waals surface area contributed by atoms with E-state index in [0.29, 0.717) is 70.1 Å². The lowest BCUT2D eigenvalue weighted by Gasteiger charge is -2.40. The van der Waals surface area contributed by atoms with Gasteiger partial charge in [0.1, 0.15) is 16.8 Å². The lowest BCUT2D eigenvalue weighted by Crippen LogP contribution is -2.48. The Morgan fingerprint density at radius 2 is 0.752 bits per heavy atom. The number of carboxylic acid groups (broad SMARTS) is 1. The number of halogens is 7. The van der Waals surface area contributed by atoms with E-state index in [0.717, 1.165) is 142 Å². The Balaban J connectivity index is 0.000000160. The van der Waals surface area contributed by atoms with Crippen molar-refractivity contribution in [3.05, 3.63) is 248 Å². The van der Waals surface area contributed by atoms with Crippen molar-refractivity contribution in [1.82, 2.24) is 20.3 Å². The highest BCUT2D eigenvalue weighted by atomic mass is 79.9. The number of carboxylic acids is 1. The number of fused-ring (bicyclic) bond motifs is 3. The van der Waals surface area contributed by atoms with E-state index in [-0.39, 0.29) is 18.8 Å². The molecule has 6 atom stereocenters. The molecule has 3 aromatic heterocycles. The van der Waals surface area contributed by atoms with Crippen LogP contribution in [0.2, 0.25) is 30.1 Å². The molecule has 0 radical (unpaired) electrons. The zero-order chi connectivity index (χ0) is 90.4. The van der Waals surface area contributed by atoms with Crippen LogP contribution in [-0.4, -0.2) is 127 Å². The van der Waals surface area contributed by atoms with Gasteiger partial charge in [-0.2, -0.15) is 0 Å². The highest BCUT2D eigenvalue weighted by Gasteiger charge is 2.41. The molecule has 18 nitrogen and oxygen atoms in total. The van der Waals surface area contributed by atoms with Crippen molar-refractivity contribution in [2.75, 3.05) is 82.1 Å². The number of thiazole rings is 3. The van der Waals surface area contributed by atoms with Crippen LogP contribution in [0.4, 0.5) is 10.3 Å². The average Bonchev–Trinajstić information content (AvgIpc) is 1.66. The van der Waals surface area contributed by atoms with Crippen LogP contribution in [-0.2, 0) is 69.1 Å². The number of aliphatic carboxylic acids is 1. The van der Waals surface area contributed by atoms with E-state index in [9.17, 15) is 19.5 Å². The minimum Gasteiger partial charge on any atom is -0.479 e. The number of ether oxygens (including phenoxy) is 8. The summed E-state index contributed by atoms with van der Waals surface area (Å²) in [6.07, 6.45) is -2.93. The summed E-state index contributed by atoms with van der Waals surface area (Å²) in [4.78, 5) is 58.2. The first-order valence-corrected chi connectivity index (χ1v) is 46.8. The summed E-state index contributed by atoms with van der Waals surface area (Å²) in [5.41, 5.74) is 13.0. The van der Waals surface area contributed by atoms with Crippen molar-refractivity contribution in [2.24, 2.45) is 0 Å². The number of aryl methyl sites for hydroxylation is 3. The number of hydrogen-bond acceptors (Lipinski definition) is 20. The molecule has 9 aromatic carbocycles. The van der Waals surface area contributed by atoms with Gasteiger partial charge < -0.3 is 58.1 Å². The van der Waals surface area contributed by atoms with Gasteiger partial charge >= 0.3 is 17.9 Å². The Labute approximate surface area is 782 Å². The third kappa shape index (κ3) is 23.8. The number of hydrogen-bond donors (Lipinski definition) is 2. The number of nitrogens with one attached hydrogen (secondary N) is 1. The highest BCUT2D eigenvalue weighted by molar-refractivity contribution is 9.11. The molecule has 0 amide bonds. The Morgan fingerprint density at radius 3 is 1.06 bits per heavy atom. The molecule has 2 N–H and O–H groups in total. The summed E-state index contributed by atoms with van der Waals surface area (Å²) in [7, 11) is 0. The van der Waals surface area contributed by atoms with Gasteiger partial charge in [0.15, 0.2) is 32.5 Å². The molecule has 6 heterocycles. The lowest BCUT2D eigenvalue weighted by molar-refractivity contribution is -0.167. The smallest absolute Gasteiger partial charge is 0.339 e. The quantitative estimate of drug-likeness (QED) is 0.0723. The van der Waals surface area contributed by atoms with Crippen LogP contribution in [0, 0.1) is 20.8 Å². The standard InChI is InChI=1S/C33H36Cl2N2O4S.C31H32Cl2N2O4S.C22H23BrClNO3S.C11H14ClNO/c1-7-39-30(38)28(41-32(3,4)5)26-20(2)18-25-29(27(26)21-8-12-23(34)13-9-21)42-31(36-25)37-16-17-40-33(6,19-37)22-10-14-24(35)15-11-22;1-18-16-23-27(25(19-6-10-21(32)11-7-19)24(18)26(28(36)37)39-30(2,3)4)40-29(34-23)35-14-15-38-31(5,17-35)20-8-12-22(33)13-9-20;1-6-27-20(26)18(28-22(3,4)5)16-12(2)11-15-19(29-21(23)25-15)17(16)13-7-9-14(24)10-8-13;1-11(8-13-6-7-14-11)9-2-4-10(12)5-3-9/h8-15,18,28H,7,16-17,19H2,1-6H3;6-13,16,26H,14-15,17H2,1-5H3,(H,36,37);7-11,18H,6H2,1-5H3;2-5,13H,6-8H2,1H3/t28-,33?;26-,31?;18-;/m000./s1. The molecule has 0 bridgehead atoms. The van der Waals surface area contributed by atoms with Gasteiger partial charge in [0.05, 0.1) is 93.6 Å². The van der Waals surface area contributed by atoms with Crippen molar-refractivity contribution < 1.29 is 57.4 Å². The Morgan fingerprint density at radius 1 is 0.456 bits per heavy atom. The highest BCUT2D eigenvalue weighted by Crippen LogP contribution is 2.50. The normalized spacial score (nSPS) is 18.2. The molecule has 125 heavy (non-hydrogen) atoms. The number of esters is 2. The van der Waals surface area contributed by atoms with E-state index < -0.39 is 64.2 Å². The van der Waals surface area contributed by atoms with E-state index in [4.69, 9.17) is 117 Å². The van der Waals surface area contributed by atoms with Gasteiger partial charge in [-0.3, -0.25) is 0 Å². The molecule has 15 rings (SSSR count). The molecule has 3 aliphatic rings. The van der Waals surface area contributed by atoms with Crippen molar-refractivity contribution in [3.63, 3.8) is 0 Å². The third-order valence-corrected chi connectivity index (χ3v) is 26.5. The third-order valence-electron chi connectivity index (χ3n) is 21.2. The Bertz CT molecular complexity index is 5800. The fourth-order valence-electron chi connectivity index (χ4n) is 15.5. The summed E-state index contributed by atoms with van der Waals surface area (Å²) in [6, 6.07) is 52.2. The van der Waals surface area contributed by atoms with Crippen LogP contribution >= 0.6 is 120 Å². The second-order valence-electron chi connectivity index (χ2n) is 34.4. The predicted octanol–water partition coefficient (Wildman–Crippen LogP) is 26.3. The molecule has 0 aliphatic carbocycles. The first-order chi connectivity index (χ1) is 59.0. The largest absolute Gasteiger partial charge is 0.479 e. The van der Waals surface area contributed by atoms with Crippen LogP contribution in [0.15, 0.2) is 168 Å². The molecule has 0 saturated carbocycles. The van der Waals surface area contributed by atoms with Crippen LogP contribution in [0.1, 0.15) is 165 Å².